The van der Waals surface area contributed by atoms with Crippen molar-refractivity contribution < 1.29 is 9.50 Å². The van der Waals surface area contributed by atoms with Gasteiger partial charge in [0, 0.05) is 18.5 Å². The maximum absolute atomic E-state index is 13.9. The van der Waals surface area contributed by atoms with E-state index < -0.39 is 5.60 Å². The second kappa shape index (κ2) is 9.14. The van der Waals surface area contributed by atoms with E-state index in [2.05, 4.69) is 15.6 Å². The van der Waals surface area contributed by atoms with Crippen LogP contribution >= 0.6 is 35.3 Å². The summed E-state index contributed by atoms with van der Waals surface area (Å²) in [4.78, 5) is 4.53. The number of hydrogen-bond donors (Lipinski definition) is 3. The number of nitrogens with zero attached hydrogens (tertiary/aromatic N) is 1. The molecule has 0 radical (unpaired) electrons. The van der Waals surface area contributed by atoms with Crippen LogP contribution in [0.15, 0.2) is 46.1 Å². The summed E-state index contributed by atoms with van der Waals surface area (Å²) < 4.78 is 13.9. The Balaban J connectivity index is 0.00000243. The van der Waals surface area contributed by atoms with Gasteiger partial charge in [-0.3, -0.25) is 0 Å². The standard InChI is InChI=1S/C19H24FN3OS.HI/c1-3-21-18(22-12-19(2,24)13-8-9-25-11-13)23-17-10-15(17)14-6-4-5-7-16(14)20;/h4-9,11,15,17,24H,3,10,12H2,1-2H3,(H2,21,22,23);1H. The van der Waals surface area contributed by atoms with Gasteiger partial charge in [0.15, 0.2) is 5.96 Å². The molecule has 0 bridgehead atoms. The minimum atomic E-state index is -1.00. The van der Waals surface area contributed by atoms with E-state index >= 15 is 0 Å². The molecule has 0 amide bonds. The first kappa shape index (κ1) is 21.1. The topological polar surface area (TPSA) is 56.7 Å². The van der Waals surface area contributed by atoms with Gasteiger partial charge in [0.1, 0.15) is 11.4 Å². The molecule has 1 aliphatic rings. The lowest BCUT2D eigenvalue weighted by atomic mass is 10.00. The minimum absolute atomic E-state index is 0. The first-order chi connectivity index (χ1) is 12.0. The molecule has 3 atom stereocenters. The van der Waals surface area contributed by atoms with Crippen LogP contribution in [0.25, 0.3) is 0 Å². The zero-order valence-electron chi connectivity index (χ0n) is 14.9. The monoisotopic (exact) mass is 489 g/mol. The largest absolute Gasteiger partial charge is 0.383 e. The average Bonchev–Trinajstić information content (AvgIpc) is 3.10. The molecule has 4 nitrogen and oxygen atoms in total. The van der Waals surface area contributed by atoms with Crippen molar-refractivity contribution in [2.45, 2.75) is 37.8 Å². The minimum Gasteiger partial charge on any atom is -0.383 e. The third kappa shape index (κ3) is 5.17. The number of guanidine groups is 1. The fourth-order valence-electron chi connectivity index (χ4n) is 2.86. The zero-order valence-corrected chi connectivity index (χ0v) is 18.1. The molecular weight excluding hydrogens is 464 g/mol. The van der Waals surface area contributed by atoms with Crippen LogP contribution in [0.2, 0.25) is 0 Å². The molecular formula is C19H25FIN3OS. The molecule has 3 rings (SSSR count). The van der Waals surface area contributed by atoms with Gasteiger partial charge in [-0.2, -0.15) is 11.3 Å². The number of benzene rings is 1. The van der Waals surface area contributed by atoms with Gasteiger partial charge >= 0.3 is 0 Å². The summed E-state index contributed by atoms with van der Waals surface area (Å²) in [5.41, 5.74) is 0.616. The average molecular weight is 489 g/mol. The van der Waals surface area contributed by atoms with Gasteiger partial charge in [0.05, 0.1) is 6.54 Å². The smallest absolute Gasteiger partial charge is 0.191 e. The van der Waals surface area contributed by atoms with Crippen molar-refractivity contribution in [2.75, 3.05) is 13.1 Å². The highest BCUT2D eigenvalue weighted by Crippen LogP contribution is 2.41. The second-order valence-corrected chi connectivity index (χ2v) is 7.38. The number of aliphatic imine (C=N–C) groups is 1. The van der Waals surface area contributed by atoms with Crippen LogP contribution in [-0.2, 0) is 5.60 Å². The van der Waals surface area contributed by atoms with E-state index in [4.69, 9.17) is 0 Å². The molecule has 142 valence electrons. The van der Waals surface area contributed by atoms with Crippen molar-refractivity contribution in [1.82, 2.24) is 10.6 Å². The zero-order chi connectivity index (χ0) is 17.9. The molecule has 0 aliphatic heterocycles. The lowest BCUT2D eigenvalue weighted by Crippen LogP contribution is -2.40. The van der Waals surface area contributed by atoms with E-state index in [9.17, 15) is 9.50 Å². The molecule has 2 aromatic rings. The second-order valence-electron chi connectivity index (χ2n) is 6.60. The number of nitrogens with one attached hydrogen (secondary N) is 2. The van der Waals surface area contributed by atoms with Gasteiger partial charge in [-0.25, -0.2) is 9.38 Å². The van der Waals surface area contributed by atoms with Crippen molar-refractivity contribution in [3.05, 3.63) is 58.0 Å². The molecule has 0 spiro atoms. The van der Waals surface area contributed by atoms with Crippen molar-refractivity contribution in [3.63, 3.8) is 0 Å². The Kier molecular flexibility index (Phi) is 7.42. The van der Waals surface area contributed by atoms with Crippen molar-refractivity contribution in [1.29, 1.82) is 0 Å². The summed E-state index contributed by atoms with van der Waals surface area (Å²) in [6, 6.07) is 9.00. The first-order valence-electron chi connectivity index (χ1n) is 8.55. The quantitative estimate of drug-likeness (QED) is 0.329. The van der Waals surface area contributed by atoms with E-state index in [0.29, 0.717) is 5.96 Å². The van der Waals surface area contributed by atoms with Gasteiger partial charge in [0.2, 0.25) is 0 Å². The van der Waals surface area contributed by atoms with Crippen LogP contribution in [0, 0.1) is 5.82 Å². The molecule has 1 heterocycles. The Morgan fingerprint density at radius 2 is 2.15 bits per heavy atom. The normalized spacial score (nSPS) is 21.5. The Morgan fingerprint density at radius 1 is 1.38 bits per heavy atom. The Labute approximate surface area is 175 Å². The third-order valence-electron chi connectivity index (χ3n) is 4.45. The van der Waals surface area contributed by atoms with Gasteiger partial charge < -0.3 is 15.7 Å². The van der Waals surface area contributed by atoms with E-state index in [1.54, 1.807) is 24.3 Å². The molecule has 1 aromatic carbocycles. The Morgan fingerprint density at radius 3 is 2.81 bits per heavy atom. The highest BCUT2D eigenvalue weighted by Gasteiger charge is 2.40. The van der Waals surface area contributed by atoms with Gasteiger partial charge in [-0.15, -0.1) is 24.0 Å². The number of thiophene rings is 1. The van der Waals surface area contributed by atoms with E-state index in [1.165, 1.54) is 6.07 Å². The maximum Gasteiger partial charge on any atom is 0.191 e. The van der Waals surface area contributed by atoms with Crippen LogP contribution in [-0.4, -0.2) is 30.2 Å². The molecule has 3 N–H and O–H groups in total. The van der Waals surface area contributed by atoms with Crippen LogP contribution in [0.5, 0.6) is 0 Å². The summed E-state index contributed by atoms with van der Waals surface area (Å²) in [6.07, 6.45) is 0.881. The summed E-state index contributed by atoms with van der Waals surface area (Å²) in [6.45, 7) is 4.75. The summed E-state index contributed by atoms with van der Waals surface area (Å²) in [5.74, 6) is 0.670. The predicted molar refractivity (Wildman–Crippen MR) is 116 cm³/mol. The van der Waals surface area contributed by atoms with E-state index in [-0.39, 0.29) is 48.3 Å². The SMILES string of the molecule is CCNC(=NCC(C)(O)c1ccsc1)NC1CC1c1ccccc1F.I. The lowest BCUT2D eigenvalue weighted by Gasteiger charge is -2.21. The molecule has 1 aliphatic carbocycles. The molecule has 3 unspecified atom stereocenters. The summed E-state index contributed by atoms with van der Waals surface area (Å²) >= 11 is 1.56. The highest BCUT2D eigenvalue weighted by atomic mass is 127. The molecule has 1 saturated carbocycles. The van der Waals surface area contributed by atoms with E-state index in [1.807, 2.05) is 35.9 Å². The van der Waals surface area contributed by atoms with Gasteiger partial charge in [0.25, 0.3) is 0 Å². The van der Waals surface area contributed by atoms with Crippen LogP contribution in [0.1, 0.15) is 37.3 Å². The lowest BCUT2D eigenvalue weighted by molar-refractivity contribution is 0.0677. The fourth-order valence-corrected chi connectivity index (χ4v) is 3.65. The van der Waals surface area contributed by atoms with E-state index in [0.717, 1.165) is 24.1 Å². The molecule has 0 saturated heterocycles. The van der Waals surface area contributed by atoms with Gasteiger partial charge in [-0.1, -0.05) is 18.2 Å². The number of halogens is 2. The number of rotatable bonds is 6. The predicted octanol–water partition coefficient (Wildman–Crippen LogP) is 3.82. The molecule has 26 heavy (non-hydrogen) atoms. The third-order valence-corrected chi connectivity index (χ3v) is 5.13. The summed E-state index contributed by atoms with van der Waals surface area (Å²) in [5, 5.41) is 21.0. The Bertz CT molecular complexity index is 736. The number of hydrogen-bond acceptors (Lipinski definition) is 3. The van der Waals surface area contributed by atoms with Crippen molar-refractivity contribution >= 4 is 41.3 Å². The van der Waals surface area contributed by atoms with Crippen molar-refractivity contribution in [2.24, 2.45) is 4.99 Å². The highest BCUT2D eigenvalue weighted by molar-refractivity contribution is 14.0. The van der Waals surface area contributed by atoms with Gasteiger partial charge in [-0.05, 0) is 54.3 Å². The van der Waals surface area contributed by atoms with Crippen molar-refractivity contribution in [3.8, 4) is 0 Å². The molecule has 1 fully saturated rings. The van der Waals surface area contributed by atoms with Crippen LogP contribution < -0.4 is 10.6 Å². The molecule has 7 heteroatoms. The maximum atomic E-state index is 13.9. The van der Waals surface area contributed by atoms with Crippen LogP contribution in [0.4, 0.5) is 4.39 Å². The molecule has 1 aromatic heterocycles. The number of aliphatic hydroxyl groups is 1. The van der Waals surface area contributed by atoms with Crippen LogP contribution in [0.3, 0.4) is 0 Å². The summed E-state index contributed by atoms with van der Waals surface area (Å²) in [7, 11) is 0. The Hall–Kier alpha value is -1.19. The fraction of sp³-hybridized carbons (Fsp3) is 0.421. The first-order valence-corrected chi connectivity index (χ1v) is 9.50.